The van der Waals surface area contributed by atoms with Gasteiger partial charge in [-0.15, -0.1) is 11.3 Å². The molecule has 29 heavy (non-hydrogen) atoms. The van der Waals surface area contributed by atoms with Gasteiger partial charge in [0.15, 0.2) is 15.0 Å². The van der Waals surface area contributed by atoms with Crippen molar-refractivity contribution in [1.29, 1.82) is 0 Å². The van der Waals surface area contributed by atoms with E-state index in [9.17, 15) is 12.8 Å². The molecule has 1 fully saturated rings. The first-order chi connectivity index (χ1) is 13.8. The molecule has 4 rings (SSSR count). The van der Waals surface area contributed by atoms with Crippen LogP contribution in [0.15, 0.2) is 52.7 Å². The van der Waals surface area contributed by atoms with Crippen LogP contribution in [0, 0.1) is 19.7 Å². The van der Waals surface area contributed by atoms with Gasteiger partial charge in [-0.1, -0.05) is 18.2 Å². The highest BCUT2D eigenvalue weighted by Gasteiger charge is 2.32. The van der Waals surface area contributed by atoms with Gasteiger partial charge in [-0.25, -0.2) is 17.8 Å². The summed E-state index contributed by atoms with van der Waals surface area (Å²) in [4.78, 5) is 6.99. The number of aromatic nitrogens is 1. The van der Waals surface area contributed by atoms with Gasteiger partial charge in [0.1, 0.15) is 5.82 Å². The topological polar surface area (TPSA) is 50.3 Å². The van der Waals surface area contributed by atoms with Gasteiger partial charge >= 0.3 is 0 Å². The summed E-state index contributed by atoms with van der Waals surface area (Å²) in [5.41, 5.74) is 4.54. The minimum absolute atomic E-state index is 0.0715. The Kier molecular flexibility index (Phi) is 5.44. The fraction of sp³-hybridized carbons (Fsp3) is 0.318. The molecule has 0 amide bonds. The molecule has 0 spiro atoms. The number of hydrogen-bond donors (Lipinski definition) is 0. The molecular weight excluding hydrogens is 407 g/mol. The van der Waals surface area contributed by atoms with E-state index < -0.39 is 20.9 Å². The second kappa shape index (κ2) is 7.88. The SMILES string of the molecule is Cc1ccc(-c2csc(N3CCC(S(=O)(=O)c4cccc(F)c4)CC3)n2)cc1C. The lowest BCUT2D eigenvalue weighted by atomic mass is 10.1. The zero-order valence-electron chi connectivity index (χ0n) is 16.4. The molecule has 0 aliphatic carbocycles. The number of anilines is 1. The van der Waals surface area contributed by atoms with Crippen molar-refractivity contribution in [1.82, 2.24) is 4.98 Å². The van der Waals surface area contributed by atoms with Crippen LogP contribution in [0.1, 0.15) is 24.0 Å². The zero-order chi connectivity index (χ0) is 20.6. The highest BCUT2D eigenvalue weighted by molar-refractivity contribution is 7.92. The number of benzene rings is 2. The normalized spacial score (nSPS) is 15.6. The zero-order valence-corrected chi connectivity index (χ0v) is 18.1. The third kappa shape index (κ3) is 4.07. The van der Waals surface area contributed by atoms with E-state index in [-0.39, 0.29) is 4.90 Å². The lowest BCUT2D eigenvalue weighted by Gasteiger charge is -2.31. The van der Waals surface area contributed by atoms with Crippen LogP contribution in [-0.2, 0) is 9.84 Å². The van der Waals surface area contributed by atoms with Crippen molar-refractivity contribution >= 4 is 26.3 Å². The van der Waals surface area contributed by atoms with Crippen molar-refractivity contribution in [2.75, 3.05) is 18.0 Å². The average molecular weight is 431 g/mol. The second-order valence-corrected chi connectivity index (χ2v) is 10.6. The Labute approximate surface area is 175 Å². The van der Waals surface area contributed by atoms with E-state index in [0.717, 1.165) is 22.5 Å². The molecule has 0 radical (unpaired) electrons. The highest BCUT2D eigenvalue weighted by atomic mass is 32.2. The summed E-state index contributed by atoms with van der Waals surface area (Å²) in [5.74, 6) is -0.523. The lowest BCUT2D eigenvalue weighted by Crippen LogP contribution is -2.39. The second-order valence-electron chi connectivity index (χ2n) is 7.50. The van der Waals surface area contributed by atoms with Gasteiger partial charge in [0.25, 0.3) is 0 Å². The summed E-state index contributed by atoms with van der Waals surface area (Å²) in [6, 6.07) is 11.6. The number of aryl methyl sites for hydroxylation is 2. The molecule has 1 aliphatic heterocycles. The summed E-state index contributed by atoms with van der Waals surface area (Å²) in [6.07, 6.45) is 1.02. The number of thiazole rings is 1. The quantitative estimate of drug-likeness (QED) is 0.584. The Hall–Kier alpha value is -2.25. The Morgan fingerprint density at radius 3 is 2.52 bits per heavy atom. The van der Waals surface area contributed by atoms with Crippen LogP contribution in [0.3, 0.4) is 0 Å². The molecule has 2 heterocycles. The minimum atomic E-state index is -3.52. The van der Waals surface area contributed by atoms with E-state index in [2.05, 4.69) is 42.3 Å². The van der Waals surface area contributed by atoms with Gasteiger partial charge in [-0.05, 0) is 62.1 Å². The highest BCUT2D eigenvalue weighted by Crippen LogP contribution is 2.32. The van der Waals surface area contributed by atoms with Crippen LogP contribution in [-0.4, -0.2) is 31.7 Å². The van der Waals surface area contributed by atoms with E-state index in [0.29, 0.717) is 25.9 Å². The Balaban J connectivity index is 1.46. The summed E-state index contributed by atoms with van der Waals surface area (Å²) in [6.45, 7) is 5.43. The minimum Gasteiger partial charge on any atom is -0.348 e. The monoisotopic (exact) mass is 430 g/mol. The van der Waals surface area contributed by atoms with Crippen LogP contribution in [0.2, 0.25) is 0 Å². The molecule has 0 bridgehead atoms. The van der Waals surface area contributed by atoms with Gasteiger partial charge in [0.2, 0.25) is 0 Å². The molecule has 0 N–H and O–H groups in total. The molecule has 1 aromatic heterocycles. The van der Waals surface area contributed by atoms with Gasteiger partial charge in [-0.3, -0.25) is 0 Å². The average Bonchev–Trinajstić information content (AvgIpc) is 3.20. The van der Waals surface area contributed by atoms with Crippen molar-refractivity contribution in [3.05, 3.63) is 64.8 Å². The van der Waals surface area contributed by atoms with E-state index in [1.807, 2.05) is 0 Å². The first-order valence-corrected chi connectivity index (χ1v) is 12.0. The Morgan fingerprint density at radius 1 is 1.07 bits per heavy atom. The number of piperidine rings is 1. The van der Waals surface area contributed by atoms with Crippen molar-refractivity contribution in [2.45, 2.75) is 36.8 Å². The summed E-state index contributed by atoms with van der Waals surface area (Å²) >= 11 is 1.58. The standard InChI is InChI=1S/C22H23FN2O2S2/c1-15-6-7-17(12-16(15)2)21-14-28-22(24-21)25-10-8-19(9-11-25)29(26,27)20-5-3-4-18(23)13-20/h3-7,12-14,19H,8-11H2,1-2H3. The fourth-order valence-corrected chi connectivity index (χ4v) is 6.29. The summed E-state index contributed by atoms with van der Waals surface area (Å²) in [7, 11) is -3.52. The first kappa shape index (κ1) is 20.0. The van der Waals surface area contributed by atoms with Gasteiger partial charge in [0.05, 0.1) is 15.8 Å². The third-order valence-corrected chi connectivity index (χ3v) is 8.73. The molecule has 152 valence electrons. The predicted octanol–water partition coefficient (Wildman–Crippen LogP) is 5.01. The van der Waals surface area contributed by atoms with Crippen LogP contribution < -0.4 is 4.90 Å². The summed E-state index contributed by atoms with van der Waals surface area (Å²) in [5, 5.41) is 2.48. The van der Waals surface area contributed by atoms with E-state index in [4.69, 9.17) is 4.98 Å². The molecule has 1 aliphatic rings. The smallest absolute Gasteiger partial charge is 0.185 e. The van der Waals surface area contributed by atoms with Gasteiger partial charge in [0, 0.05) is 24.0 Å². The van der Waals surface area contributed by atoms with E-state index in [1.54, 1.807) is 11.3 Å². The van der Waals surface area contributed by atoms with Crippen LogP contribution in [0.4, 0.5) is 9.52 Å². The fourth-order valence-electron chi connectivity index (χ4n) is 3.64. The number of nitrogens with zero attached hydrogens (tertiary/aromatic N) is 2. The van der Waals surface area contributed by atoms with Crippen LogP contribution in [0.25, 0.3) is 11.3 Å². The van der Waals surface area contributed by atoms with Crippen molar-refractivity contribution in [3.63, 3.8) is 0 Å². The maximum absolute atomic E-state index is 13.5. The summed E-state index contributed by atoms with van der Waals surface area (Å²) < 4.78 is 39.1. The van der Waals surface area contributed by atoms with E-state index >= 15 is 0 Å². The maximum Gasteiger partial charge on any atom is 0.185 e. The number of sulfone groups is 1. The maximum atomic E-state index is 13.5. The largest absolute Gasteiger partial charge is 0.348 e. The molecular formula is C22H23FN2O2S2. The molecule has 0 saturated carbocycles. The Bertz CT molecular complexity index is 1130. The molecule has 1 saturated heterocycles. The molecule has 0 unspecified atom stereocenters. The molecule has 0 atom stereocenters. The van der Waals surface area contributed by atoms with E-state index in [1.165, 1.54) is 29.3 Å². The lowest BCUT2D eigenvalue weighted by molar-refractivity contribution is 0.528. The van der Waals surface area contributed by atoms with Gasteiger partial charge < -0.3 is 4.90 Å². The van der Waals surface area contributed by atoms with Crippen molar-refractivity contribution < 1.29 is 12.8 Å². The van der Waals surface area contributed by atoms with Gasteiger partial charge in [-0.2, -0.15) is 0 Å². The van der Waals surface area contributed by atoms with Crippen LogP contribution >= 0.6 is 11.3 Å². The molecule has 3 aromatic rings. The molecule has 4 nitrogen and oxygen atoms in total. The predicted molar refractivity (Wildman–Crippen MR) is 116 cm³/mol. The number of rotatable bonds is 4. The van der Waals surface area contributed by atoms with Crippen molar-refractivity contribution in [3.8, 4) is 11.3 Å². The number of halogens is 1. The number of hydrogen-bond acceptors (Lipinski definition) is 5. The molecule has 2 aromatic carbocycles. The van der Waals surface area contributed by atoms with Crippen LogP contribution in [0.5, 0.6) is 0 Å². The van der Waals surface area contributed by atoms with Crippen molar-refractivity contribution in [2.24, 2.45) is 0 Å². The third-order valence-electron chi connectivity index (χ3n) is 5.57. The first-order valence-electron chi connectivity index (χ1n) is 9.62. The molecule has 7 heteroatoms. The Morgan fingerprint density at radius 2 is 1.83 bits per heavy atom.